The van der Waals surface area contributed by atoms with E-state index in [1.54, 1.807) is 0 Å². The molecule has 2 heteroatoms. The molecule has 2 aromatic rings. The Morgan fingerprint density at radius 1 is 0.882 bits per heavy atom. The van der Waals surface area contributed by atoms with Gasteiger partial charge in [-0.25, -0.2) is 0 Å². The lowest BCUT2D eigenvalue weighted by molar-refractivity contribution is 1.23. The monoisotopic (exact) mass is 222 g/mol. The summed E-state index contributed by atoms with van der Waals surface area (Å²) in [7, 11) is 0. The molecule has 0 heterocycles. The largest absolute Gasteiger partial charge is 0.151 e. The molecule has 0 spiro atoms. The van der Waals surface area contributed by atoms with Gasteiger partial charge in [-0.05, 0) is 19.1 Å². The highest BCUT2D eigenvalue weighted by atomic mass is 15.1. The minimum absolute atomic E-state index is 0.864. The highest BCUT2D eigenvalue weighted by Gasteiger charge is 1.96. The smallest absolute Gasteiger partial charge is 0.0886 e. The van der Waals surface area contributed by atoms with Gasteiger partial charge in [-0.2, -0.15) is 10.2 Å². The molecule has 0 saturated heterocycles. The van der Waals surface area contributed by atoms with Crippen LogP contribution in [0, 0.1) is 0 Å². The fraction of sp³-hybridized carbons (Fsp3) is 0.0667. The van der Waals surface area contributed by atoms with Gasteiger partial charge in [-0.1, -0.05) is 54.6 Å². The number of azo groups is 1. The van der Waals surface area contributed by atoms with Crippen LogP contribution in [-0.4, -0.2) is 0 Å². The summed E-state index contributed by atoms with van der Waals surface area (Å²) in [5.74, 6) is 0. The van der Waals surface area contributed by atoms with Gasteiger partial charge in [0.2, 0.25) is 0 Å². The van der Waals surface area contributed by atoms with Crippen LogP contribution in [0.15, 0.2) is 77.0 Å². The van der Waals surface area contributed by atoms with E-state index in [2.05, 4.69) is 10.2 Å². The maximum atomic E-state index is 4.27. The van der Waals surface area contributed by atoms with Gasteiger partial charge >= 0.3 is 0 Å². The summed E-state index contributed by atoms with van der Waals surface area (Å²) in [6.45, 7) is 1.96. The molecule has 0 aliphatic carbocycles. The second-order valence-corrected chi connectivity index (χ2v) is 3.58. The number of benzene rings is 2. The maximum absolute atomic E-state index is 4.27. The third-order valence-corrected chi connectivity index (χ3v) is 2.37. The normalized spacial score (nSPS) is 11.9. The van der Waals surface area contributed by atoms with Crippen molar-refractivity contribution in [1.29, 1.82) is 0 Å². The number of nitrogens with zero attached hydrogens (tertiary/aromatic N) is 2. The predicted molar refractivity (Wildman–Crippen MR) is 71.1 cm³/mol. The van der Waals surface area contributed by atoms with Crippen molar-refractivity contribution >= 4 is 11.4 Å². The van der Waals surface area contributed by atoms with Gasteiger partial charge in [-0.15, -0.1) is 0 Å². The van der Waals surface area contributed by atoms with Gasteiger partial charge in [0.15, 0.2) is 0 Å². The fourth-order valence-electron chi connectivity index (χ4n) is 1.50. The molecule has 2 rings (SSSR count). The van der Waals surface area contributed by atoms with Crippen molar-refractivity contribution in [2.75, 3.05) is 0 Å². The molecule has 17 heavy (non-hydrogen) atoms. The van der Waals surface area contributed by atoms with Crippen molar-refractivity contribution in [3.8, 4) is 0 Å². The summed E-state index contributed by atoms with van der Waals surface area (Å²) < 4.78 is 0. The summed E-state index contributed by atoms with van der Waals surface area (Å²) in [5.41, 5.74) is 2.83. The first kappa shape index (κ1) is 11.3. The summed E-state index contributed by atoms with van der Waals surface area (Å²) in [5, 5.41) is 8.48. The zero-order chi connectivity index (χ0) is 11.9. The van der Waals surface area contributed by atoms with Crippen molar-refractivity contribution in [3.05, 3.63) is 72.3 Å². The van der Waals surface area contributed by atoms with Gasteiger partial charge < -0.3 is 0 Å². The van der Waals surface area contributed by atoms with Gasteiger partial charge in [0.1, 0.15) is 0 Å². The Bertz CT molecular complexity index is 513. The molecule has 0 bridgehead atoms. The summed E-state index contributed by atoms with van der Waals surface area (Å²) in [6, 6.07) is 19.8. The molecule has 0 radical (unpaired) electrons. The lowest BCUT2D eigenvalue weighted by atomic mass is 10.1. The van der Waals surface area contributed by atoms with Crippen molar-refractivity contribution in [3.63, 3.8) is 0 Å². The van der Waals surface area contributed by atoms with E-state index in [1.807, 2.05) is 73.7 Å². The maximum Gasteiger partial charge on any atom is 0.0886 e. The first-order valence-corrected chi connectivity index (χ1v) is 5.58. The topological polar surface area (TPSA) is 24.7 Å². The summed E-state index contributed by atoms with van der Waals surface area (Å²) >= 11 is 0. The Hall–Kier alpha value is -2.22. The molecule has 0 atom stereocenters. The molecule has 0 amide bonds. The fourth-order valence-corrected chi connectivity index (χ4v) is 1.50. The average Bonchev–Trinajstić information content (AvgIpc) is 2.42. The van der Waals surface area contributed by atoms with E-state index < -0.39 is 0 Å². The van der Waals surface area contributed by atoms with Crippen LogP contribution in [-0.2, 0) is 0 Å². The van der Waals surface area contributed by atoms with E-state index in [0.717, 1.165) is 16.9 Å². The average molecular weight is 222 g/mol. The number of hydrogen-bond acceptors (Lipinski definition) is 2. The number of allylic oxidation sites excluding steroid dienone is 1. The first-order chi connectivity index (χ1) is 8.40. The van der Waals surface area contributed by atoms with E-state index in [-0.39, 0.29) is 0 Å². The van der Waals surface area contributed by atoms with Crippen molar-refractivity contribution < 1.29 is 0 Å². The van der Waals surface area contributed by atoms with E-state index in [9.17, 15) is 0 Å². The molecular formula is C15H14N2. The van der Waals surface area contributed by atoms with Crippen LogP contribution in [0.5, 0.6) is 0 Å². The third-order valence-electron chi connectivity index (χ3n) is 2.37. The third kappa shape index (κ3) is 3.11. The molecule has 0 N–H and O–H groups in total. The zero-order valence-corrected chi connectivity index (χ0v) is 9.75. The van der Waals surface area contributed by atoms with Crippen LogP contribution >= 0.6 is 0 Å². The van der Waals surface area contributed by atoms with E-state index in [4.69, 9.17) is 0 Å². The highest BCUT2D eigenvalue weighted by molar-refractivity contribution is 5.63. The standard InChI is InChI=1S/C15H14N2/c1-2-15(13-9-5-3-6-10-13)17-16-14-11-7-4-8-12-14/h2-12H,1H3. The summed E-state index contributed by atoms with van der Waals surface area (Å²) in [4.78, 5) is 0. The first-order valence-electron chi connectivity index (χ1n) is 5.58. The molecule has 0 aliphatic heterocycles. The minimum atomic E-state index is 0.864. The molecule has 2 nitrogen and oxygen atoms in total. The van der Waals surface area contributed by atoms with E-state index >= 15 is 0 Å². The quantitative estimate of drug-likeness (QED) is 0.664. The zero-order valence-electron chi connectivity index (χ0n) is 9.75. The van der Waals surface area contributed by atoms with Gasteiger partial charge in [-0.3, -0.25) is 0 Å². The molecule has 0 aliphatic rings. The Balaban J connectivity index is 2.20. The lowest BCUT2D eigenvalue weighted by Crippen LogP contribution is -1.78. The van der Waals surface area contributed by atoms with Gasteiger partial charge in [0.25, 0.3) is 0 Å². The lowest BCUT2D eigenvalue weighted by Gasteiger charge is -1.99. The Kier molecular flexibility index (Phi) is 3.81. The molecule has 0 fully saturated rings. The highest BCUT2D eigenvalue weighted by Crippen LogP contribution is 2.19. The molecule has 0 aromatic heterocycles. The van der Waals surface area contributed by atoms with Crippen LogP contribution in [0.25, 0.3) is 5.70 Å². The molecule has 0 unspecified atom stereocenters. The van der Waals surface area contributed by atoms with Crippen molar-refractivity contribution in [2.45, 2.75) is 6.92 Å². The van der Waals surface area contributed by atoms with Crippen LogP contribution in [0.1, 0.15) is 12.5 Å². The molecular weight excluding hydrogens is 208 g/mol. The van der Waals surface area contributed by atoms with E-state index in [1.165, 1.54) is 0 Å². The van der Waals surface area contributed by atoms with E-state index in [0.29, 0.717) is 0 Å². The Morgan fingerprint density at radius 2 is 1.47 bits per heavy atom. The second-order valence-electron chi connectivity index (χ2n) is 3.58. The Labute approximate surface area is 101 Å². The second kappa shape index (κ2) is 5.75. The molecule has 2 aromatic carbocycles. The van der Waals surface area contributed by atoms with Crippen LogP contribution in [0.4, 0.5) is 5.69 Å². The number of rotatable bonds is 3. The number of hydrogen-bond donors (Lipinski definition) is 0. The Morgan fingerprint density at radius 3 is 2.06 bits per heavy atom. The predicted octanol–water partition coefficient (Wildman–Crippen LogP) is 4.83. The van der Waals surface area contributed by atoms with Crippen molar-refractivity contribution in [2.24, 2.45) is 10.2 Å². The minimum Gasteiger partial charge on any atom is -0.151 e. The van der Waals surface area contributed by atoms with Crippen LogP contribution < -0.4 is 0 Å². The van der Waals surface area contributed by atoms with Gasteiger partial charge in [0, 0.05) is 5.56 Å². The summed E-state index contributed by atoms with van der Waals surface area (Å²) in [6.07, 6.45) is 1.96. The van der Waals surface area contributed by atoms with Crippen LogP contribution in [0.3, 0.4) is 0 Å². The van der Waals surface area contributed by atoms with Crippen LogP contribution in [0.2, 0.25) is 0 Å². The molecule has 84 valence electrons. The molecule has 0 saturated carbocycles. The SMILES string of the molecule is CC=C(N=Nc1ccccc1)c1ccccc1. The van der Waals surface area contributed by atoms with Crippen molar-refractivity contribution in [1.82, 2.24) is 0 Å². The van der Waals surface area contributed by atoms with Gasteiger partial charge in [0.05, 0.1) is 11.4 Å².